The van der Waals surface area contributed by atoms with E-state index in [0.717, 1.165) is 22.3 Å². The SMILES string of the molecule is CC1CCC(C(=O)O)CN1C(=O)C1(NC(=O)OCC2c3ccccc3-c3ccccc32)CC1. The van der Waals surface area contributed by atoms with Gasteiger partial charge in [0.2, 0.25) is 5.91 Å². The minimum Gasteiger partial charge on any atom is -0.481 e. The molecule has 33 heavy (non-hydrogen) atoms. The van der Waals surface area contributed by atoms with Gasteiger partial charge < -0.3 is 20.1 Å². The molecule has 2 aromatic carbocycles. The number of hydrogen-bond donors (Lipinski definition) is 2. The predicted molar refractivity (Wildman–Crippen MR) is 122 cm³/mol. The molecule has 0 aromatic heterocycles. The molecule has 0 bridgehead atoms. The molecule has 2 amide bonds. The summed E-state index contributed by atoms with van der Waals surface area (Å²) < 4.78 is 5.62. The minimum atomic E-state index is -0.975. The van der Waals surface area contributed by atoms with Crippen molar-refractivity contribution in [3.63, 3.8) is 0 Å². The van der Waals surface area contributed by atoms with Crippen LogP contribution in [0.1, 0.15) is 49.7 Å². The number of alkyl carbamates (subject to hydrolysis) is 1. The summed E-state index contributed by atoms with van der Waals surface area (Å²) in [5.41, 5.74) is 3.60. The summed E-state index contributed by atoms with van der Waals surface area (Å²) in [5, 5.41) is 12.2. The van der Waals surface area contributed by atoms with E-state index in [-0.39, 0.29) is 31.0 Å². The lowest BCUT2D eigenvalue weighted by Gasteiger charge is -2.38. The molecule has 2 aliphatic carbocycles. The molecular formula is C26H28N2O5. The molecule has 2 atom stereocenters. The standard InChI is InChI=1S/C26H28N2O5/c1-16-10-11-17(23(29)30)14-28(16)24(31)26(12-13-26)27-25(32)33-15-22-20-8-4-2-6-18(20)19-7-3-5-9-21(19)22/h2-9,16-17,22H,10-15H2,1H3,(H,27,32)(H,29,30). The number of likely N-dealkylation sites (tertiary alicyclic amines) is 1. The van der Waals surface area contributed by atoms with E-state index in [1.54, 1.807) is 4.90 Å². The highest BCUT2D eigenvalue weighted by molar-refractivity contribution is 5.93. The second-order valence-corrected chi connectivity index (χ2v) is 9.45. The van der Waals surface area contributed by atoms with E-state index >= 15 is 0 Å². The third-order valence-corrected chi connectivity index (χ3v) is 7.34. The van der Waals surface area contributed by atoms with Crippen molar-refractivity contribution in [3.8, 4) is 11.1 Å². The van der Waals surface area contributed by atoms with E-state index in [1.807, 2.05) is 31.2 Å². The summed E-state index contributed by atoms with van der Waals surface area (Å²) in [6, 6.07) is 16.2. The zero-order valence-electron chi connectivity index (χ0n) is 18.6. The van der Waals surface area contributed by atoms with Crippen molar-refractivity contribution in [2.75, 3.05) is 13.2 Å². The van der Waals surface area contributed by atoms with Gasteiger partial charge >= 0.3 is 12.1 Å². The number of amides is 2. The maximum Gasteiger partial charge on any atom is 0.408 e. The summed E-state index contributed by atoms with van der Waals surface area (Å²) in [5.74, 6) is -1.69. The molecule has 0 radical (unpaired) electrons. The average Bonchev–Trinajstić information content (AvgIpc) is 3.52. The van der Waals surface area contributed by atoms with Crippen LogP contribution in [-0.2, 0) is 14.3 Å². The minimum absolute atomic E-state index is 0.0464. The largest absolute Gasteiger partial charge is 0.481 e. The number of fused-ring (bicyclic) bond motifs is 3. The zero-order chi connectivity index (χ0) is 23.2. The predicted octanol–water partition coefficient (Wildman–Crippen LogP) is 3.77. The van der Waals surface area contributed by atoms with E-state index in [9.17, 15) is 19.5 Å². The van der Waals surface area contributed by atoms with Crippen LogP contribution in [0.2, 0.25) is 0 Å². The van der Waals surface area contributed by atoms with Crippen LogP contribution in [0.15, 0.2) is 48.5 Å². The lowest BCUT2D eigenvalue weighted by Crippen LogP contribution is -2.56. The number of piperidine rings is 1. The molecule has 1 aliphatic heterocycles. The van der Waals surface area contributed by atoms with Crippen LogP contribution in [0, 0.1) is 5.92 Å². The van der Waals surface area contributed by atoms with Crippen LogP contribution in [0.4, 0.5) is 4.79 Å². The molecule has 2 aromatic rings. The van der Waals surface area contributed by atoms with Crippen molar-refractivity contribution in [1.82, 2.24) is 10.2 Å². The van der Waals surface area contributed by atoms with Gasteiger partial charge in [-0.15, -0.1) is 0 Å². The van der Waals surface area contributed by atoms with Gasteiger partial charge in [-0.05, 0) is 54.9 Å². The number of aliphatic carboxylic acids is 1. The van der Waals surface area contributed by atoms with Crippen LogP contribution < -0.4 is 5.32 Å². The smallest absolute Gasteiger partial charge is 0.408 e. The first kappa shape index (κ1) is 21.5. The van der Waals surface area contributed by atoms with Gasteiger partial charge in [0, 0.05) is 18.5 Å². The molecule has 1 heterocycles. The normalized spacial score (nSPS) is 22.8. The molecular weight excluding hydrogens is 420 g/mol. The Bertz CT molecular complexity index is 1060. The quantitative estimate of drug-likeness (QED) is 0.726. The number of rotatable bonds is 5. The van der Waals surface area contributed by atoms with Gasteiger partial charge in [0.1, 0.15) is 12.1 Å². The van der Waals surface area contributed by atoms with E-state index in [4.69, 9.17) is 4.74 Å². The Hall–Kier alpha value is -3.35. The maximum atomic E-state index is 13.2. The Labute approximate surface area is 192 Å². The van der Waals surface area contributed by atoms with Crippen LogP contribution in [0.25, 0.3) is 11.1 Å². The topological polar surface area (TPSA) is 95.9 Å². The van der Waals surface area contributed by atoms with Gasteiger partial charge in [-0.3, -0.25) is 9.59 Å². The Morgan fingerprint density at radius 3 is 2.21 bits per heavy atom. The molecule has 1 saturated heterocycles. The number of nitrogens with one attached hydrogen (secondary N) is 1. The summed E-state index contributed by atoms with van der Waals surface area (Å²) in [7, 11) is 0. The lowest BCUT2D eigenvalue weighted by molar-refractivity contribution is -0.148. The maximum absolute atomic E-state index is 13.2. The number of benzene rings is 2. The molecule has 7 nitrogen and oxygen atoms in total. The van der Waals surface area contributed by atoms with Gasteiger partial charge in [0.05, 0.1) is 5.92 Å². The van der Waals surface area contributed by atoms with E-state index < -0.39 is 23.5 Å². The average molecular weight is 449 g/mol. The molecule has 3 aliphatic rings. The van der Waals surface area contributed by atoms with Gasteiger partial charge in [-0.25, -0.2) is 4.79 Å². The number of carboxylic acids is 1. The highest BCUT2D eigenvalue weighted by atomic mass is 16.5. The molecule has 172 valence electrons. The fourth-order valence-electron chi connectivity index (χ4n) is 5.21. The third kappa shape index (κ3) is 3.86. The highest BCUT2D eigenvalue weighted by Crippen LogP contribution is 2.45. The number of hydrogen-bond acceptors (Lipinski definition) is 4. The number of ether oxygens (including phenoxy) is 1. The molecule has 2 unspecified atom stereocenters. The van der Waals surface area contributed by atoms with Crippen molar-refractivity contribution in [1.29, 1.82) is 0 Å². The van der Waals surface area contributed by atoms with E-state index in [0.29, 0.717) is 25.7 Å². The van der Waals surface area contributed by atoms with Crippen molar-refractivity contribution < 1.29 is 24.2 Å². The Kier molecular flexibility index (Phi) is 5.35. The number of carbonyl (C=O) groups is 3. The van der Waals surface area contributed by atoms with Crippen molar-refractivity contribution in [2.24, 2.45) is 5.92 Å². The fourth-order valence-corrected chi connectivity index (χ4v) is 5.21. The Morgan fingerprint density at radius 1 is 1.03 bits per heavy atom. The van der Waals surface area contributed by atoms with Gasteiger partial charge in [0.15, 0.2) is 0 Å². The van der Waals surface area contributed by atoms with E-state index in [2.05, 4.69) is 29.6 Å². The van der Waals surface area contributed by atoms with Gasteiger partial charge in [-0.2, -0.15) is 0 Å². The summed E-state index contributed by atoms with van der Waals surface area (Å²) in [6.07, 6.45) is 1.67. The van der Waals surface area contributed by atoms with Crippen LogP contribution >= 0.6 is 0 Å². The van der Waals surface area contributed by atoms with Gasteiger partial charge in [-0.1, -0.05) is 48.5 Å². The fraction of sp³-hybridized carbons (Fsp3) is 0.423. The second-order valence-electron chi connectivity index (χ2n) is 9.45. The molecule has 5 rings (SSSR count). The van der Waals surface area contributed by atoms with Gasteiger partial charge in [0.25, 0.3) is 0 Å². The molecule has 2 N–H and O–H groups in total. The summed E-state index contributed by atoms with van der Waals surface area (Å²) in [4.78, 5) is 39.0. The first-order valence-corrected chi connectivity index (χ1v) is 11.6. The molecule has 7 heteroatoms. The van der Waals surface area contributed by atoms with Crippen LogP contribution in [-0.4, -0.2) is 52.7 Å². The monoisotopic (exact) mass is 448 g/mol. The van der Waals surface area contributed by atoms with Crippen molar-refractivity contribution >= 4 is 18.0 Å². The molecule has 2 fully saturated rings. The lowest BCUT2D eigenvalue weighted by atomic mass is 9.92. The number of carbonyl (C=O) groups excluding carboxylic acids is 2. The number of carboxylic acid groups (broad SMARTS) is 1. The Morgan fingerprint density at radius 2 is 1.64 bits per heavy atom. The second kappa shape index (κ2) is 8.21. The first-order chi connectivity index (χ1) is 15.9. The van der Waals surface area contributed by atoms with Crippen molar-refractivity contribution in [2.45, 2.75) is 50.1 Å². The number of nitrogens with zero attached hydrogens (tertiary/aromatic N) is 1. The highest BCUT2D eigenvalue weighted by Gasteiger charge is 2.55. The Balaban J connectivity index is 1.25. The van der Waals surface area contributed by atoms with E-state index in [1.165, 1.54) is 0 Å². The summed E-state index contributed by atoms with van der Waals surface area (Å²) in [6.45, 7) is 2.30. The van der Waals surface area contributed by atoms with Crippen LogP contribution in [0.3, 0.4) is 0 Å². The third-order valence-electron chi connectivity index (χ3n) is 7.34. The van der Waals surface area contributed by atoms with Crippen LogP contribution in [0.5, 0.6) is 0 Å². The first-order valence-electron chi connectivity index (χ1n) is 11.6. The van der Waals surface area contributed by atoms with Crippen molar-refractivity contribution in [3.05, 3.63) is 59.7 Å². The molecule has 0 spiro atoms. The molecule has 1 saturated carbocycles. The summed E-state index contributed by atoms with van der Waals surface area (Å²) >= 11 is 0. The zero-order valence-corrected chi connectivity index (χ0v) is 18.6.